The largest absolute Gasteiger partial charge is 0.361 e. The Morgan fingerprint density at radius 1 is 0.619 bits per heavy atom. The third kappa shape index (κ3) is 3.98. The summed E-state index contributed by atoms with van der Waals surface area (Å²) in [5.74, 6) is 0. The lowest BCUT2D eigenvalue weighted by Gasteiger charge is -2.27. The van der Waals surface area contributed by atoms with E-state index in [4.69, 9.17) is 4.98 Å². The molecule has 0 aliphatic carbocycles. The van der Waals surface area contributed by atoms with Crippen LogP contribution in [0.1, 0.15) is 0 Å². The molecule has 1 aliphatic rings. The predicted molar refractivity (Wildman–Crippen MR) is 175 cm³/mol. The number of rotatable bonds is 5. The first kappa shape index (κ1) is 24.3. The van der Waals surface area contributed by atoms with Gasteiger partial charge in [0.2, 0.25) is 0 Å². The number of hydrogen-bond donors (Lipinski definition) is 0. The summed E-state index contributed by atoms with van der Waals surface area (Å²) in [5.41, 5.74) is 8.79. The fourth-order valence-corrected chi connectivity index (χ4v) is 6.12. The summed E-state index contributed by atoms with van der Waals surface area (Å²) in [6.07, 6.45) is 6.24. The van der Waals surface area contributed by atoms with Crippen molar-refractivity contribution in [3.8, 4) is 11.3 Å². The van der Waals surface area contributed by atoms with E-state index in [1.807, 2.05) is 6.20 Å². The molecule has 0 saturated heterocycles. The highest BCUT2D eigenvalue weighted by atomic mass is 15.3. The van der Waals surface area contributed by atoms with E-state index in [-0.39, 0.29) is 0 Å². The van der Waals surface area contributed by atoms with Crippen molar-refractivity contribution < 1.29 is 0 Å². The second-order valence-electron chi connectivity index (χ2n) is 10.8. The zero-order valence-corrected chi connectivity index (χ0v) is 23.3. The highest BCUT2D eigenvalue weighted by Gasteiger charge is 2.19. The average molecular weight is 544 g/mol. The molecule has 42 heavy (non-hydrogen) atoms. The Morgan fingerprint density at radius 2 is 1.36 bits per heavy atom. The Bertz CT molecular complexity index is 2100. The van der Waals surface area contributed by atoms with Gasteiger partial charge in [-0.15, -0.1) is 0 Å². The molecular weight excluding hydrogens is 514 g/mol. The van der Waals surface area contributed by atoms with Gasteiger partial charge in [0, 0.05) is 58.5 Å². The molecular formula is C37H29N5. The van der Waals surface area contributed by atoms with Crippen molar-refractivity contribution in [2.45, 2.75) is 0 Å². The molecule has 5 nitrogen and oxygen atoms in total. The number of benzene rings is 5. The highest BCUT2D eigenvalue weighted by molar-refractivity contribution is 6.13. The third-order valence-corrected chi connectivity index (χ3v) is 8.08. The summed E-state index contributed by atoms with van der Waals surface area (Å²) in [6, 6.07) is 45.3. The van der Waals surface area contributed by atoms with Crippen molar-refractivity contribution in [1.29, 1.82) is 0 Å². The Labute approximate surface area is 244 Å². The predicted octanol–water partition coefficient (Wildman–Crippen LogP) is 8.96. The van der Waals surface area contributed by atoms with Crippen LogP contribution in [-0.4, -0.2) is 28.0 Å². The molecule has 0 bridgehead atoms. The van der Waals surface area contributed by atoms with Gasteiger partial charge in [0.1, 0.15) is 5.65 Å². The van der Waals surface area contributed by atoms with E-state index in [1.165, 1.54) is 10.8 Å². The number of pyridine rings is 1. The number of nitrogens with zero attached hydrogens (tertiary/aromatic N) is 5. The zero-order chi connectivity index (χ0) is 28.0. The van der Waals surface area contributed by atoms with Crippen LogP contribution in [0.5, 0.6) is 0 Å². The lowest BCUT2D eigenvalue weighted by molar-refractivity contribution is 0.496. The molecule has 202 valence electrons. The summed E-state index contributed by atoms with van der Waals surface area (Å²) in [6.45, 7) is 0.833. The van der Waals surface area contributed by atoms with Crippen LogP contribution in [0, 0.1) is 0 Å². The Hall–Kier alpha value is -5.55. The number of imidazole rings is 1. The maximum atomic E-state index is 5.02. The van der Waals surface area contributed by atoms with Crippen LogP contribution in [0.4, 0.5) is 22.7 Å². The van der Waals surface area contributed by atoms with Crippen LogP contribution in [0.2, 0.25) is 0 Å². The van der Waals surface area contributed by atoms with Crippen LogP contribution in [0.25, 0.3) is 38.6 Å². The number of para-hydroxylation sites is 2. The van der Waals surface area contributed by atoms with Gasteiger partial charge in [-0.25, -0.2) is 4.98 Å². The third-order valence-electron chi connectivity index (χ3n) is 8.08. The number of anilines is 4. The van der Waals surface area contributed by atoms with Gasteiger partial charge in [0.15, 0.2) is 0 Å². The molecule has 5 aromatic carbocycles. The zero-order valence-electron chi connectivity index (χ0n) is 23.3. The maximum absolute atomic E-state index is 5.02. The molecule has 5 heteroatoms. The van der Waals surface area contributed by atoms with Crippen LogP contribution in [0.3, 0.4) is 0 Å². The Balaban J connectivity index is 1.36. The van der Waals surface area contributed by atoms with Crippen LogP contribution >= 0.6 is 0 Å². The van der Waals surface area contributed by atoms with E-state index in [0.29, 0.717) is 0 Å². The fraction of sp³-hybridized carbons (Fsp3) is 0.0541. The normalized spacial score (nSPS) is 13.1. The second kappa shape index (κ2) is 9.82. The maximum Gasteiger partial charge on any atom is 0.145 e. The van der Waals surface area contributed by atoms with Crippen molar-refractivity contribution >= 4 is 50.1 Å². The first-order valence-electron chi connectivity index (χ1n) is 14.2. The van der Waals surface area contributed by atoms with Crippen molar-refractivity contribution in [1.82, 2.24) is 14.3 Å². The standard InChI is InChI=1S/C37H29N5/c1-39-21-22-40(26-39)29-15-10-16-30(23-29)41(28-13-6-3-7-14-28)31-19-20-32-33-17-8-9-18-35(33)42-36(27-11-4-2-5-12-27)25-38-37(42)34(32)24-31/h2-25H,26H2,1H3. The van der Waals surface area contributed by atoms with Gasteiger partial charge in [-0.1, -0.05) is 78.9 Å². The Kier molecular flexibility index (Phi) is 5.67. The first-order chi connectivity index (χ1) is 20.7. The van der Waals surface area contributed by atoms with E-state index < -0.39 is 0 Å². The Morgan fingerprint density at radius 3 is 2.17 bits per heavy atom. The topological polar surface area (TPSA) is 27.0 Å². The SMILES string of the molecule is CN1C=CN(c2cccc(N(c3ccccc3)c3ccc4c5ccccc5n5c(-c6ccccc6)cnc5c4c3)c2)C1. The molecule has 8 rings (SSSR count). The average Bonchev–Trinajstić information content (AvgIpc) is 3.70. The van der Waals surface area contributed by atoms with E-state index in [0.717, 1.165) is 57.2 Å². The lowest BCUT2D eigenvalue weighted by atomic mass is 10.0. The smallest absolute Gasteiger partial charge is 0.145 e. The molecule has 0 unspecified atom stereocenters. The number of hydrogen-bond acceptors (Lipinski definition) is 4. The molecule has 1 aliphatic heterocycles. The van der Waals surface area contributed by atoms with Gasteiger partial charge in [0.05, 0.1) is 24.1 Å². The minimum Gasteiger partial charge on any atom is -0.361 e. The molecule has 0 fully saturated rings. The van der Waals surface area contributed by atoms with E-state index in [9.17, 15) is 0 Å². The quantitative estimate of drug-likeness (QED) is 0.203. The van der Waals surface area contributed by atoms with E-state index in [1.54, 1.807) is 0 Å². The lowest BCUT2D eigenvalue weighted by Crippen LogP contribution is -2.21. The van der Waals surface area contributed by atoms with Gasteiger partial charge in [0.25, 0.3) is 0 Å². The first-order valence-corrected chi connectivity index (χ1v) is 14.2. The van der Waals surface area contributed by atoms with E-state index >= 15 is 0 Å². The summed E-state index contributed by atoms with van der Waals surface area (Å²) in [5, 5.41) is 3.52. The molecule has 0 atom stereocenters. The summed E-state index contributed by atoms with van der Waals surface area (Å²) in [4.78, 5) is 11.8. The van der Waals surface area contributed by atoms with Crippen molar-refractivity contribution in [2.75, 3.05) is 23.5 Å². The molecule has 0 N–H and O–H groups in total. The summed E-state index contributed by atoms with van der Waals surface area (Å²) >= 11 is 0. The molecule has 0 amide bonds. The number of aromatic nitrogens is 2. The minimum absolute atomic E-state index is 0.833. The van der Waals surface area contributed by atoms with Gasteiger partial charge in [-0.3, -0.25) is 4.40 Å². The molecule has 2 aromatic heterocycles. The van der Waals surface area contributed by atoms with Gasteiger partial charge in [-0.2, -0.15) is 0 Å². The molecule has 3 heterocycles. The molecule has 0 saturated carbocycles. The summed E-state index contributed by atoms with van der Waals surface area (Å²) < 4.78 is 2.31. The minimum atomic E-state index is 0.833. The van der Waals surface area contributed by atoms with Crippen LogP contribution in [0.15, 0.2) is 146 Å². The molecule has 0 spiro atoms. The van der Waals surface area contributed by atoms with Gasteiger partial charge < -0.3 is 14.7 Å². The second-order valence-corrected chi connectivity index (χ2v) is 10.8. The van der Waals surface area contributed by atoms with Gasteiger partial charge >= 0.3 is 0 Å². The fourth-order valence-electron chi connectivity index (χ4n) is 6.12. The number of fused-ring (bicyclic) bond motifs is 6. The van der Waals surface area contributed by atoms with Crippen molar-refractivity contribution in [3.05, 3.63) is 146 Å². The van der Waals surface area contributed by atoms with Crippen LogP contribution < -0.4 is 9.80 Å². The highest BCUT2D eigenvalue weighted by Crippen LogP contribution is 2.40. The van der Waals surface area contributed by atoms with Gasteiger partial charge in [-0.05, 0) is 53.9 Å². The van der Waals surface area contributed by atoms with E-state index in [2.05, 4.69) is 166 Å². The van der Waals surface area contributed by atoms with Crippen molar-refractivity contribution in [3.63, 3.8) is 0 Å². The monoisotopic (exact) mass is 543 g/mol. The van der Waals surface area contributed by atoms with Crippen LogP contribution in [-0.2, 0) is 0 Å². The van der Waals surface area contributed by atoms with Crippen molar-refractivity contribution in [2.24, 2.45) is 0 Å². The molecule has 0 radical (unpaired) electrons. The molecule has 7 aromatic rings. The summed E-state index contributed by atoms with van der Waals surface area (Å²) in [7, 11) is 2.09.